The van der Waals surface area contributed by atoms with Crippen LogP contribution in [0.25, 0.3) is 0 Å². The van der Waals surface area contributed by atoms with Crippen LogP contribution in [0.3, 0.4) is 0 Å². The van der Waals surface area contributed by atoms with Crippen molar-refractivity contribution in [2.75, 3.05) is 6.61 Å². The van der Waals surface area contributed by atoms with Gasteiger partial charge in [0.15, 0.2) is 5.78 Å². The fourth-order valence-electron chi connectivity index (χ4n) is 5.74. The number of esters is 2. The number of carbonyl (C=O) groups excluding carboxylic acids is 5. The smallest absolute Gasteiger partial charge is 0.348 e. The Morgan fingerprint density at radius 3 is 2.17 bits per heavy atom. The summed E-state index contributed by atoms with van der Waals surface area (Å²) in [5, 5.41) is 0. The topological polar surface area (TPSA) is 104 Å². The largest absolute Gasteiger partial charge is 0.462 e. The highest BCUT2D eigenvalue weighted by atomic mass is 16.6. The van der Waals surface area contributed by atoms with Crippen molar-refractivity contribution in [2.45, 2.75) is 106 Å². The Morgan fingerprint density at radius 2 is 1.66 bits per heavy atom. The van der Waals surface area contributed by atoms with Gasteiger partial charge in [-0.3, -0.25) is 9.59 Å². The molecule has 0 N–H and O–H groups in total. The van der Waals surface area contributed by atoms with Crippen molar-refractivity contribution in [3.8, 4) is 0 Å². The molecule has 1 aliphatic heterocycles. The standard InChI is InChI=1S/C28H44O7/c1-17(2)9-8-10-18(3)22-15-21(12-11-19(4)29)23(31)28(22,14-13-20(5)30)26(33)35-24-25(32)34-16-27(24,6)7/h17-18,21-22,24H,8-16H2,1-7H3/t18-,21?,22-,24-,28+/m0/s1. The van der Waals surface area contributed by atoms with E-state index in [4.69, 9.17) is 9.47 Å². The minimum absolute atomic E-state index is 0.00130. The third-order valence-electron chi connectivity index (χ3n) is 7.93. The van der Waals surface area contributed by atoms with Gasteiger partial charge in [0.1, 0.15) is 23.6 Å². The summed E-state index contributed by atoms with van der Waals surface area (Å²) in [4.78, 5) is 64.0. The van der Waals surface area contributed by atoms with E-state index in [9.17, 15) is 24.0 Å². The van der Waals surface area contributed by atoms with Crippen LogP contribution in [0, 0.1) is 34.5 Å². The minimum atomic E-state index is -1.50. The molecule has 1 saturated carbocycles. The predicted octanol–water partition coefficient (Wildman–Crippen LogP) is 4.87. The minimum Gasteiger partial charge on any atom is -0.462 e. The molecule has 0 aromatic rings. The van der Waals surface area contributed by atoms with E-state index in [2.05, 4.69) is 20.8 Å². The average molecular weight is 493 g/mol. The van der Waals surface area contributed by atoms with Gasteiger partial charge in [-0.15, -0.1) is 0 Å². The summed E-state index contributed by atoms with van der Waals surface area (Å²) >= 11 is 0. The molecular formula is C28H44O7. The van der Waals surface area contributed by atoms with Crippen LogP contribution >= 0.6 is 0 Å². The Balaban J connectivity index is 2.45. The Bertz CT molecular complexity index is 827. The molecule has 2 fully saturated rings. The molecule has 1 unspecified atom stereocenters. The molecular weight excluding hydrogens is 448 g/mol. The second-order valence-electron chi connectivity index (χ2n) is 12.0. The highest BCUT2D eigenvalue weighted by molar-refractivity contribution is 6.08. The summed E-state index contributed by atoms with van der Waals surface area (Å²) in [6, 6.07) is 0. The number of hydrogen-bond acceptors (Lipinski definition) is 7. The van der Waals surface area contributed by atoms with Gasteiger partial charge >= 0.3 is 11.9 Å². The number of hydrogen-bond donors (Lipinski definition) is 0. The number of cyclic esters (lactones) is 1. The third-order valence-corrected chi connectivity index (χ3v) is 7.93. The highest BCUT2D eigenvalue weighted by Gasteiger charge is 2.62. The molecule has 198 valence electrons. The van der Waals surface area contributed by atoms with Crippen LogP contribution in [0.5, 0.6) is 0 Å². The molecule has 5 atom stereocenters. The Kier molecular flexibility index (Phi) is 9.83. The van der Waals surface area contributed by atoms with Crippen LogP contribution in [-0.2, 0) is 33.4 Å². The molecule has 0 bridgehead atoms. The second kappa shape index (κ2) is 11.8. The molecule has 7 heteroatoms. The summed E-state index contributed by atoms with van der Waals surface area (Å²) in [5.41, 5.74) is -2.20. The Morgan fingerprint density at radius 1 is 1.03 bits per heavy atom. The van der Waals surface area contributed by atoms with E-state index in [1.165, 1.54) is 13.8 Å². The Hall–Kier alpha value is -2.05. The molecule has 0 radical (unpaired) electrons. The van der Waals surface area contributed by atoms with Crippen LogP contribution in [0.15, 0.2) is 0 Å². The van der Waals surface area contributed by atoms with Crippen LogP contribution in [0.4, 0.5) is 0 Å². The first-order chi connectivity index (χ1) is 16.2. The van der Waals surface area contributed by atoms with Crippen LogP contribution in [0.1, 0.15) is 99.8 Å². The zero-order chi connectivity index (χ0) is 26.6. The lowest BCUT2D eigenvalue weighted by Crippen LogP contribution is -2.48. The summed E-state index contributed by atoms with van der Waals surface area (Å²) in [6.45, 7) is 13.0. The predicted molar refractivity (Wildman–Crippen MR) is 131 cm³/mol. The maximum Gasteiger partial charge on any atom is 0.348 e. The lowest BCUT2D eigenvalue weighted by atomic mass is 9.67. The van der Waals surface area contributed by atoms with E-state index in [1.807, 2.05) is 0 Å². The van der Waals surface area contributed by atoms with Gasteiger partial charge in [0.25, 0.3) is 0 Å². The lowest BCUT2D eigenvalue weighted by Gasteiger charge is -2.37. The third kappa shape index (κ3) is 6.79. The summed E-state index contributed by atoms with van der Waals surface area (Å²) < 4.78 is 11.0. The number of carbonyl (C=O) groups is 5. The summed E-state index contributed by atoms with van der Waals surface area (Å²) in [6.07, 6.45) is 3.06. The highest BCUT2D eigenvalue weighted by Crippen LogP contribution is 2.53. The second-order valence-corrected chi connectivity index (χ2v) is 12.0. The van der Waals surface area contributed by atoms with Crippen molar-refractivity contribution < 1.29 is 33.4 Å². The first kappa shape index (κ1) is 29.2. The van der Waals surface area contributed by atoms with E-state index < -0.39 is 34.8 Å². The number of ether oxygens (including phenoxy) is 2. The zero-order valence-corrected chi connectivity index (χ0v) is 22.6. The monoisotopic (exact) mass is 492 g/mol. The van der Waals surface area contributed by atoms with Gasteiger partial charge in [0.2, 0.25) is 6.10 Å². The molecule has 1 heterocycles. The van der Waals surface area contributed by atoms with E-state index >= 15 is 0 Å². The molecule has 7 nitrogen and oxygen atoms in total. The lowest BCUT2D eigenvalue weighted by molar-refractivity contribution is -0.177. The van der Waals surface area contributed by atoms with Crippen molar-refractivity contribution in [3.63, 3.8) is 0 Å². The molecule has 2 aliphatic rings. The first-order valence-electron chi connectivity index (χ1n) is 13.1. The molecule has 0 aromatic heterocycles. The van der Waals surface area contributed by atoms with Crippen LogP contribution < -0.4 is 0 Å². The fraction of sp³-hybridized carbons (Fsp3) is 0.821. The average Bonchev–Trinajstić information content (AvgIpc) is 3.18. The molecule has 0 aromatic carbocycles. The van der Waals surface area contributed by atoms with Crippen molar-refractivity contribution in [1.29, 1.82) is 0 Å². The first-order valence-corrected chi connectivity index (χ1v) is 13.1. The van der Waals surface area contributed by atoms with Gasteiger partial charge in [0, 0.05) is 24.2 Å². The van der Waals surface area contributed by atoms with Crippen molar-refractivity contribution in [2.24, 2.45) is 34.5 Å². The molecule has 2 rings (SSSR count). The van der Waals surface area contributed by atoms with E-state index in [1.54, 1.807) is 13.8 Å². The molecule has 0 spiro atoms. The van der Waals surface area contributed by atoms with Crippen molar-refractivity contribution >= 4 is 29.3 Å². The van der Waals surface area contributed by atoms with Gasteiger partial charge in [-0.1, -0.05) is 53.9 Å². The number of Topliss-reactive ketones (excluding diaryl/α,β-unsaturated/α-hetero) is 3. The maximum atomic E-state index is 14.0. The maximum absolute atomic E-state index is 14.0. The number of rotatable bonds is 13. The van der Waals surface area contributed by atoms with Gasteiger partial charge in [-0.2, -0.15) is 0 Å². The molecule has 1 saturated heterocycles. The normalized spacial score (nSPS) is 28.7. The summed E-state index contributed by atoms with van der Waals surface area (Å²) in [7, 11) is 0. The fourth-order valence-corrected chi connectivity index (χ4v) is 5.74. The van der Waals surface area contributed by atoms with Gasteiger partial charge < -0.3 is 19.1 Å². The van der Waals surface area contributed by atoms with Crippen molar-refractivity contribution in [3.05, 3.63) is 0 Å². The van der Waals surface area contributed by atoms with E-state index in [0.717, 1.165) is 19.3 Å². The van der Waals surface area contributed by atoms with Crippen LogP contribution in [-0.4, -0.2) is 42.0 Å². The quantitative estimate of drug-likeness (QED) is 0.267. The van der Waals surface area contributed by atoms with Gasteiger partial charge in [-0.25, -0.2) is 4.79 Å². The van der Waals surface area contributed by atoms with E-state index in [0.29, 0.717) is 18.8 Å². The number of ketones is 3. The molecule has 0 amide bonds. The van der Waals surface area contributed by atoms with E-state index in [-0.39, 0.29) is 55.1 Å². The summed E-state index contributed by atoms with van der Waals surface area (Å²) in [5.74, 6) is -1.83. The zero-order valence-electron chi connectivity index (χ0n) is 22.6. The van der Waals surface area contributed by atoms with Gasteiger partial charge in [0.05, 0.1) is 0 Å². The van der Waals surface area contributed by atoms with Crippen molar-refractivity contribution in [1.82, 2.24) is 0 Å². The van der Waals surface area contributed by atoms with Gasteiger partial charge in [-0.05, 0) is 50.9 Å². The molecule has 1 aliphatic carbocycles. The Labute approximate surface area is 210 Å². The molecule has 35 heavy (non-hydrogen) atoms. The SMILES string of the molecule is CC(=O)CCC1C[C@@H]([C@@H](C)CCCC(C)C)[C@@](CCC(C)=O)(C(=O)O[C@H]2C(=O)OCC2(C)C)C1=O. The van der Waals surface area contributed by atoms with Crippen LogP contribution in [0.2, 0.25) is 0 Å².